The molecule has 0 N–H and O–H groups in total. The lowest BCUT2D eigenvalue weighted by atomic mass is 10.1. The summed E-state index contributed by atoms with van der Waals surface area (Å²) < 4.78 is 7.31. The normalized spacial score (nSPS) is 10.7. The average molecular weight is 372 g/mol. The molecule has 0 aromatic carbocycles. The molecule has 6 heteroatoms. The van der Waals surface area contributed by atoms with Gasteiger partial charge < -0.3 is 9.09 Å². The van der Waals surface area contributed by atoms with Gasteiger partial charge in [0.25, 0.3) is 5.56 Å². The van der Waals surface area contributed by atoms with E-state index < -0.39 is 0 Å². The van der Waals surface area contributed by atoms with Crippen molar-refractivity contribution < 1.29 is 9.32 Å². The molecule has 2 heterocycles. The first kappa shape index (κ1) is 14.0. The molecule has 0 unspecified atom stereocenters. The van der Waals surface area contributed by atoms with Crippen LogP contribution in [0.2, 0.25) is 0 Å². The molecule has 5 nitrogen and oxygen atoms in total. The number of carbonyl (C=O) groups is 1. The summed E-state index contributed by atoms with van der Waals surface area (Å²) in [5.41, 5.74) is 1.49. The standard InChI is InChI=1S/C13H13IN2O3/c1-7-4-10(14)5-16(13(7)18)6-11(17)12-8(2)15-19-9(12)3/h4-5H,6H2,1-3H3. The van der Waals surface area contributed by atoms with Crippen molar-refractivity contribution >= 4 is 28.4 Å². The highest BCUT2D eigenvalue weighted by Gasteiger charge is 2.18. The van der Waals surface area contributed by atoms with Crippen LogP contribution >= 0.6 is 22.6 Å². The average Bonchev–Trinajstić information content (AvgIpc) is 2.65. The number of rotatable bonds is 3. The lowest BCUT2D eigenvalue weighted by molar-refractivity contribution is 0.0968. The van der Waals surface area contributed by atoms with Gasteiger partial charge in [0.05, 0.1) is 17.8 Å². The zero-order valence-electron chi connectivity index (χ0n) is 10.9. The summed E-state index contributed by atoms with van der Waals surface area (Å²) in [5.74, 6) is 0.317. The number of hydrogen-bond donors (Lipinski definition) is 0. The van der Waals surface area contributed by atoms with Gasteiger partial charge in [-0.1, -0.05) is 5.16 Å². The monoisotopic (exact) mass is 372 g/mol. The van der Waals surface area contributed by atoms with Crippen LogP contribution in [0.5, 0.6) is 0 Å². The first-order valence-electron chi connectivity index (χ1n) is 5.73. The highest BCUT2D eigenvalue weighted by atomic mass is 127. The van der Waals surface area contributed by atoms with E-state index in [1.54, 1.807) is 33.0 Å². The van der Waals surface area contributed by atoms with E-state index in [0.717, 1.165) is 3.57 Å². The third kappa shape index (κ3) is 2.78. The second-order valence-electron chi connectivity index (χ2n) is 4.40. The van der Waals surface area contributed by atoms with Gasteiger partial charge in [0.15, 0.2) is 5.78 Å². The molecule has 0 aliphatic heterocycles. The minimum absolute atomic E-state index is 0.000587. The fourth-order valence-corrected chi connectivity index (χ4v) is 2.78. The van der Waals surface area contributed by atoms with Crippen LogP contribution in [0.3, 0.4) is 0 Å². The van der Waals surface area contributed by atoms with Gasteiger partial charge >= 0.3 is 0 Å². The number of nitrogens with zero attached hydrogens (tertiary/aromatic N) is 2. The molecule has 2 aromatic rings. The summed E-state index contributed by atoms with van der Waals surface area (Å²) in [6.07, 6.45) is 1.67. The highest BCUT2D eigenvalue weighted by Crippen LogP contribution is 2.14. The second kappa shape index (κ2) is 5.28. The number of aryl methyl sites for hydroxylation is 3. The number of pyridine rings is 1. The van der Waals surface area contributed by atoms with Crippen LogP contribution in [0.4, 0.5) is 0 Å². The van der Waals surface area contributed by atoms with Crippen molar-refractivity contribution in [3.05, 3.63) is 48.8 Å². The Bertz CT molecular complexity index is 681. The molecule has 0 aliphatic rings. The Balaban J connectivity index is 2.38. The molecule has 0 amide bonds. The Morgan fingerprint density at radius 1 is 1.42 bits per heavy atom. The Labute approximate surface area is 123 Å². The SMILES string of the molecule is Cc1noc(C)c1C(=O)Cn1cc(I)cc(C)c1=O. The van der Waals surface area contributed by atoms with Crippen molar-refractivity contribution in [1.82, 2.24) is 9.72 Å². The van der Waals surface area contributed by atoms with Crippen molar-refractivity contribution in [3.8, 4) is 0 Å². The number of carbonyl (C=O) groups excluding carboxylic acids is 1. The second-order valence-corrected chi connectivity index (χ2v) is 5.64. The molecule has 19 heavy (non-hydrogen) atoms. The Morgan fingerprint density at radius 3 is 2.68 bits per heavy atom. The van der Waals surface area contributed by atoms with Gasteiger partial charge in [-0.15, -0.1) is 0 Å². The molecule has 0 aliphatic carbocycles. The summed E-state index contributed by atoms with van der Waals surface area (Å²) >= 11 is 2.12. The lowest BCUT2D eigenvalue weighted by Crippen LogP contribution is -2.26. The summed E-state index contributed by atoms with van der Waals surface area (Å²) in [6, 6.07) is 1.79. The number of Topliss-reactive ketones (excluding diaryl/α,β-unsaturated/α-hetero) is 1. The van der Waals surface area contributed by atoms with Crippen molar-refractivity contribution in [3.63, 3.8) is 0 Å². The van der Waals surface area contributed by atoms with E-state index in [1.807, 2.05) is 0 Å². The van der Waals surface area contributed by atoms with Crippen LogP contribution in [0.25, 0.3) is 0 Å². The van der Waals surface area contributed by atoms with Gasteiger partial charge in [-0.2, -0.15) is 0 Å². The molecule has 100 valence electrons. The molecule has 0 bridgehead atoms. The van der Waals surface area contributed by atoms with Gasteiger partial charge in [0.1, 0.15) is 5.76 Å². The lowest BCUT2D eigenvalue weighted by Gasteiger charge is -2.06. The van der Waals surface area contributed by atoms with E-state index >= 15 is 0 Å². The van der Waals surface area contributed by atoms with E-state index in [1.165, 1.54) is 4.57 Å². The molecule has 2 aromatic heterocycles. The Hall–Kier alpha value is -1.44. The molecule has 0 saturated carbocycles. The third-order valence-electron chi connectivity index (χ3n) is 2.86. The smallest absolute Gasteiger partial charge is 0.253 e. The van der Waals surface area contributed by atoms with Crippen LogP contribution in [0.15, 0.2) is 21.6 Å². The maximum atomic E-state index is 12.2. The van der Waals surface area contributed by atoms with Crippen LogP contribution < -0.4 is 5.56 Å². The highest BCUT2D eigenvalue weighted by molar-refractivity contribution is 14.1. The van der Waals surface area contributed by atoms with Gasteiger partial charge in [-0.05, 0) is 49.4 Å². The third-order valence-corrected chi connectivity index (χ3v) is 3.45. The maximum Gasteiger partial charge on any atom is 0.253 e. The molecule has 0 radical (unpaired) electrons. The molecule has 0 spiro atoms. The number of hydrogen-bond acceptors (Lipinski definition) is 4. The molecular weight excluding hydrogens is 359 g/mol. The van der Waals surface area contributed by atoms with Crippen molar-refractivity contribution in [1.29, 1.82) is 0 Å². The minimum atomic E-state index is -0.167. The fraction of sp³-hybridized carbons (Fsp3) is 0.308. The van der Waals surface area contributed by atoms with Crippen LogP contribution in [0, 0.1) is 24.3 Å². The van der Waals surface area contributed by atoms with Crippen LogP contribution in [-0.2, 0) is 6.54 Å². The zero-order chi connectivity index (χ0) is 14.2. The van der Waals surface area contributed by atoms with E-state index in [2.05, 4.69) is 27.7 Å². The molecule has 0 atom stereocenters. The summed E-state index contributed by atoms with van der Waals surface area (Å²) in [7, 11) is 0. The predicted molar refractivity (Wildman–Crippen MR) is 78.5 cm³/mol. The maximum absolute atomic E-state index is 12.2. The zero-order valence-corrected chi connectivity index (χ0v) is 13.0. The Morgan fingerprint density at radius 2 is 2.11 bits per heavy atom. The van der Waals surface area contributed by atoms with E-state index in [9.17, 15) is 9.59 Å². The van der Waals surface area contributed by atoms with Gasteiger partial charge in [0.2, 0.25) is 0 Å². The predicted octanol–water partition coefficient (Wildman–Crippen LogP) is 2.25. The summed E-state index contributed by atoms with van der Waals surface area (Å²) in [4.78, 5) is 24.2. The summed E-state index contributed by atoms with van der Waals surface area (Å²) in [6.45, 7) is 5.14. The van der Waals surface area contributed by atoms with Crippen molar-refractivity contribution in [2.45, 2.75) is 27.3 Å². The van der Waals surface area contributed by atoms with Gasteiger partial charge in [0, 0.05) is 15.3 Å². The largest absolute Gasteiger partial charge is 0.361 e. The van der Waals surface area contributed by atoms with E-state index in [0.29, 0.717) is 22.6 Å². The quantitative estimate of drug-likeness (QED) is 0.613. The molecular formula is C13H13IN2O3. The topological polar surface area (TPSA) is 65.1 Å². The number of halogens is 1. The number of ketones is 1. The fourth-order valence-electron chi connectivity index (χ4n) is 1.97. The van der Waals surface area contributed by atoms with Crippen molar-refractivity contribution in [2.75, 3.05) is 0 Å². The molecule has 0 saturated heterocycles. The van der Waals surface area contributed by atoms with Gasteiger partial charge in [-0.25, -0.2) is 0 Å². The first-order valence-corrected chi connectivity index (χ1v) is 6.80. The van der Waals surface area contributed by atoms with Crippen LogP contribution in [-0.4, -0.2) is 15.5 Å². The van der Waals surface area contributed by atoms with E-state index in [-0.39, 0.29) is 17.9 Å². The van der Waals surface area contributed by atoms with Gasteiger partial charge in [-0.3, -0.25) is 9.59 Å². The van der Waals surface area contributed by atoms with Crippen LogP contribution in [0.1, 0.15) is 27.4 Å². The number of aromatic nitrogens is 2. The minimum Gasteiger partial charge on any atom is -0.361 e. The molecule has 0 fully saturated rings. The van der Waals surface area contributed by atoms with Crippen molar-refractivity contribution in [2.24, 2.45) is 0 Å². The first-order chi connectivity index (χ1) is 8.90. The van der Waals surface area contributed by atoms with E-state index in [4.69, 9.17) is 4.52 Å². The molecule has 2 rings (SSSR count). The summed E-state index contributed by atoms with van der Waals surface area (Å²) in [5, 5.41) is 3.75. The Kier molecular flexibility index (Phi) is 3.88.